The molecule has 0 aromatic heterocycles. The predicted octanol–water partition coefficient (Wildman–Crippen LogP) is 2.37. The minimum Gasteiger partial charge on any atom is -0.449 e. The molecule has 1 amide bonds. The van der Waals surface area contributed by atoms with E-state index in [2.05, 4.69) is 0 Å². The lowest BCUT2D eigenvalue weighted by Crippen LogP contribution is -2.43. The van der Waals surface area contributed by atoms with E-state index >= 15 is 0 Å². The third-order valence-electron chi connectivity index (χ3n) is 5.77. The van der Waals surface area contributed by atoms with Crippen LogP contribution in [0.15, 0.2) is 47.4 Å². The van der Waals surface area contributed by atoms with E-state index in [0.29, 0.717) is 6.54 Å². The summed E-state index contributed by atoms with van der Waals surface area (Å²) in [5.41, 5.74) is 1.26. The van der Waals surface area contributed by atoms with Gasteiger partial charge in [0.2, 0.25) is 10.0 Å². The number of nitrogens with zero attached hydrogens (tertiary/aromatic N) is 2. The summed E-state index contributed by atoms with van der Waals surface area (Å²) in [5.74, 6) is -2.45. The van der Waals surface area contributed by atoms with Crippen molar-refractivity contribution < 1.29 is 31.9 Å². The third-order valence-corrected chi connectivity index (χ3v) is 7.67. The first-order valence-corrected chi connectivity index (χ1v) is 12.2. The van der Waals surface area contributed by atoms with Crippen LogP contribution in [-0.4, -0.2) is 63.6 Å². The largest absolute Gasteiger partial charge is 0.449 e. The quantitative estimate of drug-likeness (QED) is 0.616. The summed E-state index contributed by atoms with van der Waals surface area (Å²) in [6.07, 6.45) is 0.450. The molecule has 0 radical (unpaired) electrons. The Labute approximate surface area is 191 Å². The number of para-hydroxylation sites is 1. The number of hydrogen-bond acceptors (Lipinski definition) is 6. The molecule has 8 nitrogen and oxygen atoms in total. The summed E-state index contributed by atoms with van der Waals surface area (Å²) in [5, 5.41) is 0. The molecule has 0 N–H and O–H groups in total. The highest BCUT2D eigenvalue weighted by atomic mass is 32.2. The molecule has 2 aliphatic rings. The molecule has 1 fully saturated rings. The number of benzene rings is 2. The molecular formula is C23H25FN2O6S. The second-order valence-corrected chi connectivity index (χ2v) is 9.87. The Morgan fingerprint density at radius 2 is 1.82 bits per heavy atom. The Kier molecular flexibility index (Phi) is 6.78. The van der Waals surface area contributed by atoms with Gasteiger partial charge in [-0.3, -0.25) is 4.79 Å². The van der Waals surface area contributed by atoms with E-state index in [9.17, 15) is 22.4 Å². The molecule has 0 bridgehead atoms. The smallest absolute Gasteiger partial charge is 0.341 e. The predicted molar refractivity (Wildman–Crippen MR) is 118 cm³/mol. The lowest BCUT2D eigenvalue weighted by molar-refractivity contribution is -0.126. The van der Waals surface area contributed by atoms with Crippen LogP contribution in [0.4, 0.5) is 10.1 Å². The SMILES string of the molecule is C[C@@H](OC(=O)c1cc(S(=O)(=O)N2CCOCC2)ccc1F)C(=O)N1CCCc2ccccc21. The molecule has 1 atom stereocenters. The van der Waals surface area contributed by atoms with Gasteiger partial charge in [-0.25, -0.2) is 17.6 Å². The molecule has 0 unspecified atom stereocenters. The lowest BCUT2D eigenvalue weighted by atomic mass is 10.0. The number of ether oxygens (including phenoxy) is 2. The second kappa shape index (κ2) is 9.58. The van der Waals surface area contributed by atoms with Crippen molar-refractivity contribution in [3.8, 4) is 0 Å². The van der Waals surface area contributed by atoms with Gasteiger partial charge in [-0.1, -0.05) is 18.2 Å². The fraction of sp³-hybridized carbons (Fsp3) is 0.391. The van der Waals surface area contributed by atoms with Crippen LogP contribution < -0.4 is 4.90 Å². The van der Waals surface area contributed by atoms with Crippen molar-refractivity contribution in [1.82, 2.24) is 4.31 Å². The van der Waals surface area contributed by atoms with E-state index in [1.165, 1.54) is 11.2 Å². The highest BCUT2D eigenvalue weighted by Crippen LogP contribution is 2.28. The highest BCUT2D eigenvalue weighted by molar-refractivity contribution is 7.89. The summed E-state index contributed by atoms with van der Waals surface area (Å²) in [4.78, 5) is 27.0. The third kappa shape index (κ3) is 4.78. The fourth-order valence-corrected chi connectivity index (χ4v) is 5.45. The van der Waals surface area contributed by atoms with E-state index < -0.39 is 39.4 Å². The molecule has 0 spiro atoms. The molecule has 33 heavy (non-hydrogen) atoms. The molecule has 176 valence electrons. The van der Waals surface area contributed by atoms with E-state index in [1.54, 1.807) is 4.90 Å². The van der Waals surface area contributed by atoms with Gasteiger partial charge in [-0.05, 0) is 49.6 Å². The second-order valence-electron chi connectivity index (χ2n) is 7.93. The molecule has 4 rings (SSSR count). The summed E-state index contributed by atoms with van der Waals surface area (Å²) in [7, 11) is -3.93. The van der Waals surface area contributed by atoms with Gasteiger partial charge in [0.25, 0.3) is 5.91 Å². The number of fused-ring (bicyclic) bond motifs is 1. The van der Waals surface area contributed by atoms with Crippen LogP contribution in [0.25, 0.3) is 0 Å². The molecule has 0 aliphatic carbocycles. The van der Waals surface area contributed by atoms with Crippen LogP contribution in [0.3, 0.4) is 0 Å². The maximum absolute atomic E-state index is 14.4. The minimum atomic E-state index is -3.93. The van der Waals surface area contributed by atoms with Crippen molar-refractivity contribution >= 4 is 27.6 Å². The molecule has 0 saturated carbocycles. The number of anilines is 1. The Morgan fingerprint density at radius 1 is 1.09 bits per heavy atom. The maximum atomic E-state index is 14.4. The summed E-state index contributed by atoms with van der Waals surface area (Å²) in [6.45, 7) is 2.76. The maximum Gasteiger partial charge on any atom is 0.341 e. The van der Waals surface area contributed by atoms with E-state index in [4.69, 9.17) is 9.47 Å². The van der Waals surface area contributed by atoms with Gasteiger partial charge >= 0.3 is 5.97 Å². The van der Waals surface area contributed by atoms with Gasteiger partial charge in [-0.15, -0.1) is 0 Å². The Hall–Kier alpha value is -2.82. The normalized spacial score (nSPS) is 17.8. The highest BCUT2D eigenvalue weighted by Gasteiger charge is 2.31. The van der Waals surface area contributed by atoms with Crippen LogP contribution in [-0.2, 0) is 30.7 Å². The zero-order valence-corrected chi connectivity index (χ0v) is 19.0. The summed E-state index contributed by atoms with van der Waals surface area (Å²) >= 11 is 0. The van der Waals surface area contributed by atoms with Crippen molar-refractivity contribution in [2.45, 2.75) is 30.8 Å². The van der Waals surface area contributed by atoms with E-state index in [-0.39, 0.29) is 31.2 Å². The standard InChI is InChI=1S/C23H25FN2O6S/c1-16(22(27)26-10-4-6-17-5-2-3-7-21(17)26)32-23(28)19-15-18(8-9-20(19)24)33(29,30)25-11-13-31-14-12-25/h2-3,5,7-9,15-16H,4,6,10-14H2,1H3/t16-/m1/s1. The molecule has 1 saturated heterocycles. The van der Waals surface area contributed by atoms with Crippen LogP contribution >= 0.6 is 0 Å². The average Bonchev–Trinajstić information content (AvgIpc) is 2.83. The molecule has 2 aromatic carbocycles. The minimum absolute atomic E-state index is 0.169. The van der Waals surface area contributed by atoms with E-state index in [0.717, 1.165) is 42.3 Å². The summed E-state index contributed by atoms with van der Waals surface area (Å²) in [6, 6.07) is 10.5. The Balaban J connectivity index is 1.52. The zero-order chi connectivity index (χ0) is 23.6. The molecule has 2 aliphatic heterocycles. The van der Waals surface area contributed by atoms with Crippen molar-refractivity contribution in [1.29, 1.82) is 0 Å². The van der Waals surface area contributed by atoms with Crippen LogP contribution in [0, 0.1) is 5.82 Å². The number of hydrogen-bond donors (Lipinski definition) is 0. The first kappa shape index (κ1) is 23.3. The number of halogens is 1. The first-order chi connectivity index (χ1) is 15.8. The number of carbonyl (C=O) groups excluding carboxylic acids is 2. The topological polar surface area (TPSA) is 93.2 Å². The molecule has 2 aromatic rings. The van der Waals surface area contributed by atoms with Crippen LogP contribution in [0.1, 0.15) is 29.3 Å². The van der Waals surface area contributed by atoms with Gasteiger partial charge in [0, 0.05) is 25.3 Å². The summed E-state index contributed by atoms with van der Waals surface area (Å²) < 4.78 is 51.8. The zero-order valence-electron chi connectivity index (χ0n) is 18.2. The van der Waals surface area contributed by atoms with Gasteiger partial charge in [-0.2, -0.15) is 4.31 Å². The average molecular weight is 477 g/mol. The number of sulfonamides is 1. The number of carbonyl (C=O) groups is 2. The van der Waals surface area contributed by atoms with Gasteiger partial charge in [0.15, 0.2) is 6.10 Å². The Morgan fingerprint density at radius 3 is 2.58 bits per heavy atom. The van der Waals surface area contributed by atoms with Gasteiger partial charge in [0.1, 0.15) is 5.82 Å². The number of esters is 1. The van der Waals surface area contributed by atoms with Crippen LogP contribution in [0.5, 0.6) is 0 Å². The fourth-order valence-electron chi connectivity index (χ4n) is 4.01. The van der Waals surface area contributed by atoms with Gasteiger partial charge < -0.3 is 14.4 Å². The number of amides is 1. The lowest BCUT2D eigenvalue weighted by Gasteiger charge is -2.31. The number of morpholine rings is 1. The van der Waals surface area contributed by atoms with Gasteiger partial charge in [0.05, 0.1) is 23.7 Å². The number of rotatable bonds is 5. The first-order valence-electron chi connectivity index (χ1n) is 10.8. The monoisotopic (exact) mass is 476 g/mol. The van der Waals surface area contributed by atoms with Crippen molar-refractivity contribution in [3.05, 3.63) is 59.4 Å². The molecular weight excluding hydrogens is 451 g/mol. The molecule has 2 heterocycles. The Bertz CT molecular complexity index is 1160. The van der Waals surface area contributed by atoms with Crippen molar-refractivity contribution in [3.63, 3.8) is 0 Å². The van der Waals surface area contributed by atoms with Crippen molar-refractivity contribution in [2.75, 3.05) is 37.7 Å². The van der Waals surface area contributed by atoms with E-state index in [1.807, 2.05) is 24.3 Å². The van der Waals surface area contributed by atoms with Crippen LogP contribution in [0.2, 0.25) is 0 Å². The van der Waals surface area contributed by atoms with Crippen molar-refractivity contribution in [2.24, 2.45) is 0 Å². The number of aryl methyl sites for hydroxylation is 1. The molecule has 10 heteroatoms.